The third kappa shape index (κ3) is 2.76. The van der Waals surface area contributed by atoms with Crippen molar-refractivity contribution in [3.63, 3.8) is 0 Å². The van der Waals surface area contributed by atoms with Crippen LogP contribution in [0.2, 0.25) is 0 Å². The van der Waals surface area contributed by atoms with Gasteiger partial charge in [0.05, 0.1) is 25.9 Å². The molecular formula is C14H20O4. The SMILES string of the molecule is COc1cccc(OC)c1C(O)CC1CCOC1. The molecule has 0 aromatic heterocycles. The van der Waals surface area contributed by atoms with Gasteiger partial charge in [0.1, 0.15) is 11.5 Å². The quantitative estimate of drug-likeness (QED) is 0.872. The molecule has 4 nitrogen and oxygen atoms in total. The van der Waals surface area contributed by atoms with Gasteiger partial charge in [-0.2, -0.15) is 0 Å². The second-order valence-corrected chi connectivity index (χ2v) is 4.56. The van der Waals surface area contributed by atoms with Gasteiger partial charge in [-0.25, -0.2) is 0 Å². The van der Waals surface area contributed by atoms with Crippen molar-refractivity contribution in [3.8, 4) is 11.5 Å². The predicted octanol–water partition coefficient (Wildman–Crippen LogP) is 2.16. The van der Waals surface area contributed by atoms with Gasteiger partial charge < -0.3 is 19.3 Å². The van der Waals surface area contributed by atoms with Crippen molar-refractivity contribution in [1.82, 2.24) is 0 Å². The highest BCUT2D eigenvalue weighted by Crippen LogP contribution is 2.37. The summed E-state index contributed by atoms with van der Waals surface area (Å²) in [6, 6.07) is 5.53. The van der Waals surface area contributed by atoms with E-state index in [1.165, 1.54) is 0 Å². The van der Waals surface area contributed by atoms with Gasteiger partial charge in [0, 0.05) is 13.2 Å². The third-order valence-corrected chi connectivity index (χ3v) is 3.38. The van der Waals surface area contributed by atoms with Crippen LogP contribution in [0, 0.1) is 5.92 Å². The van der Waals surface area contributed by atoms with Gasteiger partial charge in [0.25, 0.3) is 0 Å². The van der Waals surface area contributed by atoms with Crippen LogP contribution in [0.4, 0.5) is 0 Å². The molecule has 0 radical (unpaired) electrons. The molecule has 2 unspecified atom stereocenters. The first kappa shape index (κ1) is 13.2. The average Bonchev–Trinajstić information content (AvgIpc) is 2.90. The summed E-state index contributed by atoms with van der Waals surface area (Å²) in [6.07, 6.45) is 1.11. The Morgan fingerprint density at radius 3 is 2.50 bits per heavy atom. The summed E-state index contributed by atoms with van der Waals surface area (Å²) < 4.78 is 15.9. The molecule has 1 aromatic rings. The Morgan fingerprint density at radius 1 is 1.33 bits per heavy atom. The van der Waals surface area contributed by atoms with E-state index in [1.807, 2.05) is 18.2 Å². The van der Waals surface area contributed by atoms with E-state index in [0.29, 0.717) is 23.8 Å². The predicted molar refractivity (Wildman–Crippen MR) is 68.0 cm³/mol. The van der Waals surface area contributed by atoms with E-state index in [9.17, 15) is 5.11 Å². The normalized spacial score (nSPS) is 20.7. The van der Waals surface area contributed by atoms with Crippen LogP contribution in [-0.2, 0) is 4.74 Å². The van der Waals surface area contributed by atoms with E-state index < -0.39 is 6.10 Å². The summed E-state index contributed by atoms with van der Waals surface area (Å²) >= 11 is 0. The largest absolute Gasteiger partial charge is 0.496 e. The van der Waals surface area contributed by atoms with E-state index in [4.69, 9.17) is 14.2 Å². The van der Waals surface area contributed by atoms with Gasteiger partial charge in [-0.05, 0) is 30.9 Å². The summed E-state index contributed by atoms with van der Waals surface area (Å²) in [5.74, 6) is 1.75. The number of methoxy groups -OCH3 is 2. The Kier molecular flexibility index (Phi) is 4.44. The van der Waals surface area contributed by atoms with Crippen LogP contribution < -0.4 is 9.47 Å². The number of ether oxygens (including phenoxy) is 3. The molecule has 1 aliphatic heterocycles. The van der Waals surface area contributed by atoms with E-state index in [2.05, 4.69) is 0 Å². The standard InChI is InChI=1S/C14H20O4/c1-16-12-4-3-5-13(17-2)14(12)11(15)8-10-6-7-18-9-10/h3-5,10-11,15H,6-9H2,1-2H3. The number of benzene rings is 1. The lowest BCUT2D eigenvalue weighted by atomic mass is 9.95. The number of aliphatic hydroxyl groups is 1. The van der Waals surface area contributed by atoms with Crippen LogP contribution >= 0.6 is 0 Å². The van der Waals surface area contributed by atoms with Crippen LogP contribution in [0.5, 0.6) is 11.5 Å². The van der Waals surface area contributed by atoms with E-state index >= 15 is 0 Å². The monoisotopic (exact) mass is 252 g/mol. The van der Waals surface area contributed by atoms with Gasteiger partial charge in [-0.1, -0.05) is 6.07 Å². The van der Waals surface area contributed by atoms with Crippen molar-refractivity contribution >= 4 is 0 Å². The zero-order chi connectivity index (χ0) is 13.0. The van der Waals surface area contributed by atoms with Crippen LogP contribution in [-0.4, -0.2) is 32.5 Å². The maximum Gasteiger partial charge on any atom is 0.128 e. The van der Waals surface area contributed by atoms with E-state index in [1.54, 1.807) is 14.2 Å². The fourth-order valence-electron chi connectivity index (χ4n) is 2.41. The van der Waals surface area contributed by atoms with Crippen molar-refractivity contribution in [2.75, 3.05) is 27.4 Å². The van der Waals surface area contributed by atoms with Crippen molar-refractivity contribution in [1.29, 1.82) is 0 Å². The zero-order valence-corrected chi connectivity index (χ0v) is 10.9. The number of aliphatic hydroxyl groups excluding tert-OH is 1. The van der Waals surface area contributed by atoms with Crippen molar-refractivity contribution in [2.24, 2.45) is 5.92 Å². The smallest absolute Gasteiger partial charge is 0.128 e. The minimum absolute atomic E-state index is 0.412. The molecule has 2 atom stereocenters. The Labute approximate surface area is 107 Å². The molecular weight excluding hydrogens is 232 g/mol. The van der Waals surface area contributed by atoms with Crippen molar-refractivity contribution in [2.45, 2.75) is 18.9 Å². The first-order valence-corrected chi connectivity index (χ1v) is 6.23. The molecule has 1 aromatic carbocycles. The summed E-state index contributed by atoms with van der Waals surface area (Å²) in [5.41, 5.74) is 0.731. The fraction of sp³-hybridized carbons (Fsp3) is 0.571. The molecule has 1 aliphatic rings. The molecule has 2 rings (SSSR count). The minimum atomic E-state index is -0.581. The molecule has 1 saturated heterocycles. The van der Waals surface area contributed by atoms with Gasteiger partial charge in [0.15, 0.2) is 0 Å². The average molecular weight is 252 g/mol. The highest BCUT2D eigenvalue weighted by atomic mass is 16.5. The second-order valence-electron chi connectivity index (χ2n) is 4.56. The van der Waals surface area contributed by atoms with E-state index in [-0.39, 0.29) is 0 Å². The van der Waals surface area contributed by atoms with Crippen LogP contribution in [0.3, 0.4) is 0 Å². The molecule has 100 valence electrons. The van der Waals surface area contributed by atoms with Gasteiger partial charge in [-0.3, -0.25) is 0 Å². The number of hydrogen-bond donors (Lipinski definition) is 1. The van der Waals surface area contributed by atoms with Gasteiger partial charge in [-0.15, -0.1) is 0 Å². The number of rotatable bonds is 5. The topological polar surface area (TPSA) is 47.9 Å². The minimum Gasteiger partial charge on any atom is -0.496 e. The maximum absolute atomic E-state index is 10.4. The number of hydrogen-bond acceptors (Lipinski definition) is 4. The Bertz CT molecular complexity index is 363. The summed E-state index contributed by atoms with van der Waals surface area (Å²) in [4.78, 5) is 0. The Balaban J connectivity index is 2.18. The Morgan fingerprint density at radius 2 is 2.00 bits per heavy atom. The molecule has 1 heterocycles. The van der Waals surface area contributed by atoms with Gasteiger partial charge in [0.2, 0.25) is 0 Å². The zero-order valence-electron chi connectivity index (χ0n) is 10.9. The van der Waals surface area contributed by atoms with E-state index in [0.717, 1.165) is 25.2 Å². The van der Waals surface area contributed by atoms with Crippen LogP contribution in [0.1, 0.15) is 24.5 Å². The lowest BCUT2D eigenvalue weighted by Gasteiger charge is -2.20. The van der Waals surface area contributed by atoms with Crippen molar-refractivity contribution in [3.05, 3.63) is 23.8 Å². The highest BCUT2D eigenvalue weighted by molar-refractivity contribution is 5.46. The lowest BCUT2D eigenvalue weighted by molar-refractivity contribution is 0.124. The first-order chi connectivity index (χ1) is 8.76. The van der Waals surface area contributed by atoms with Crippen LogP contribution in [0.25, 0.3) is 0 Å². The maximum atomic E-state index is 10.4. The summed E-state index contributed by atoms with van der Waals surface area (Å²) in [5, 5.41) is 10.4. The Hall–Kier alpha value is -1.26. The summed E-state index contributed by atoms with van der Waals surface area (Å²) in [6.45, 7) is 1.52. The lowest BCUT2D eigenvalue weighted by Crippen LogP contribution is -2.09. The molecule has 0 aliphatic carbocycles. The molecule has 18 heavy (non-hydrogen) atoms. The van der Waals surface area contributed by atoms with Gasteiger partial charge >= 0.3 is 0 Å². The second kappa shape index (κ2) is 6.07. The van der Waals surface area contributed by atoms with Crippen LogP contribution in [0.15, 0.2) is 18.2 Å². The molecule has 0 saturated carbocycles. The van der Waals surface area contributed by atoms with Crippen molar-refractivity contribution < 1.29 is 19.3 Å². The third-order valence-electron chi connectivity index (χ3n) is 3.38. The molecule has 1 N–H and O–H groups in total. The highest BCUT2D eigenvalue weighted by Gasteiger charge is 2.24. The first-order valence-electron chi connectivity index (χ1n) is 6.23. The summed E-state index contributed by atoms with van der Waals surface area (Å²) in [7, 11) is 3.20. The molecule has 0 spiro atoms. The fourth-order valence-corrected chi connectivity index (χ4v) is 2.41. The molecule has 0 bridgehead atoms. The molecule has 4 heteroatoms. The molecule has 1 fully saturated rings. The molecule has 0 amide bonds.